The van der Waals surface area contributed by atoms with Gasteiger partial charge >= 0.3 is 0 Å². The van der Waals surface area contributed by atoms with Gasteiger partial charge in [-0.1, -0.05) is 60.7 Å². The highest BCUT2D eigenvalue weighted by Crippen LogP contribution is 2.44. The number of nitro groups is 1. The highest BCUT2D eigenvalue weighted by Gasteiger charge is 2.40. The van der Waals surface area contributed by atoms with E-state index in [1.807, 2.05) is 60.7 Å². The fourth-order valence-electron chi connectivity index (χ4n) is 3.13. The van der Waals surface area contributed by atoms with Crippen molar-refractivity contribution in [3.8, 4) is 0 Å². The van der Waals surface area contributed by atoms with Gasteiger partial charge in [-0.3, -0.25) is 10.1 Å². The molecule has 5 nitrogen and oxygen atoms in total. The van der Waals surface area contributed by atoms with Crippen molar-refractivity contribution in [2.75, 3.05) is 10.6 Å². The average Bonchev–Trinajstić information content (AvgIpc) is 3.03. The number of benzene rings is 3. The normalized spacial score (nSPS) is 14.3. The Bertz CT molecular complexity index is 856. The number of rotatable bonds is 3. The molecule has 0 spiro atoms. The molecule has 0 saturated heterocycles. The fourth-order valence-corrected chi connectivity index (χ4v) is 3.13. The van der Waals surface area contributed by atoms with Gasteiger partial charge in [0, 0.05) is 23.3 Å². The van der Waals surface area contributed by atoms with Crippen molar-refractivity contribution < 1.29 is 4.92 Å². The van der Waals surface area contributed by atoms with Crippen LogP contribution in [0.5, 0.6) is 0 Å². The van der Waals surface area contributed by atoms with E-state index in [-0.39, 0.29) is 10.6 Å². The predicted molar refractivity (Wildman–Crippen MR) is 94.0 cm³/mol. The van der Waals surface area contributed by atoms with Crippen LogP contribution in [0.25, 0.3) is 0 Å². The van der Waals surface area contributed by atoms with Crippen LogP contribution >= 0.6 is 0 Å². The lowest BCUT2D eigenvalue weighted by Crippen LogP contribution is -2.39. The van der Waals surface area contributed by atoms with E-state index in [0.717, 1.165) is 22.5 Å². The zero-order valence-corrected chi connectivity index (χ0v) is 12.8. The van der Waals surface area contributed by atoms with Gasteiger partial charge in [0.05, 0.1) is 16.3 Å². The second-order valence-electron chi connectivity index (χ2n) is 5.72. The molecule has 3 aromatic rings. The highest BCUT2D eigenvalue weighted by atomic mass is 16.6. The van der Waals surface area contributed by atoms with E-state index >= 15 is 0 Å². The first-order valence-electron chi connectivity index (χ1n) is 7.65. The summed E-state index contributed by atoms with van der Waals surface area (Å²) in [4.78, 5) is 10.7. The van der Waals surface area contributed by atoms with Gasteiger partial charge in [0.1, 0.15) is 0 Å². The molecular formula is C19H15N3O2. The molecule has 0 amide bonds. The summed E-state index contributed by atoms with van der Waals surface area (Å²) in [6.07, 6.45) is 0. The number of nitro benzene ring substituents is 1. The van der Waals surface area contributed by atoms with Crippen LogP contribution < -0.4 is 10.6 Å². The lowest BCUT2D eigenvalue weighted by atomic mass is 9.92. The first kappa shape index (κ1) is 14.3. The summed E-state index contributed by atoms with van der Waals surface area (Å²) in [5, 5.41) is 18.0. The number of nitrogens with zero attached hydrogens (tertiary/aromatic N) is 1. The van der Waals surface area contributed by atoms with Gasteiger partial charge in [-0.25, -0.2) is 0 Å². The van der Waals surface area contributed by atoms with Crippen LogP contribution in [-0.4, -0.2) is 4.92 Å². The predicted octanol–water partition coefficient (Wildman–Crippen LogP) is 4.33. The Morgan fingerprint density at radius 1 is 0.750 bits per heavy atom. The van der Waals surface area contributed by atoms with E-state index in [0.29, 0.717) is 0 Å². The van der Waals surface area contributed by atoms with E-state index in [9.17, 15) is 10.1 Å². The van der Waals surface area contributed by atoms with E-state index in [4.69, 9.17) is 0 Å². The van der Waals surface area contributed by atoms with Crippen molar-refractivity contribution in [3.05, 3.63) is 100 Å². The van der Waals surface area contributed by atoms with Gasteiger partial charge in [0.2, 0.25) is 0 Å². The maximum Gasteiger partial charge on any atom is 0.271 e. The van der Waals surface area contributed by atoms with Gasteiger partial charge in [-0.2, -0.15) is 0 Å². The summed E-state index contributed by atoms with van der Waals surface area (Å²) in [7, 11) is 0. The minimum absolute atomic E-state index is 0.0694. The zero-order chi connectivity index (χ0) is 16.6. The third-order valence-corrected chi connectivity index (χ3v) is 4.27. The molecule has 0 bridgehead atoms. The molecule has 1 aliphatic heterocycles. The molecule has 0 unspecified atom stereocenters. The summed E-state index contributed by atoms with van der Waals surface area (Å²) in [6, 6.07) is 24.8. The van der Waals surface area contributed by atoms with Gasteiger partial charge in [-0.15, -0.1) is 0 Å². The van der Waals surface area contributed by atoms with Gasteiger partial charge in [0.25, 0.3) is 5.69 Å². The summed E-state index contributed by atoms with van der Waals surface area (Å²) in [5.41, 5.74) is 3.05. The Hall–Kier alpha value is -3.34. The Kier molecular flexibility index (Phi) is 3.20. The first-order chi connectivity index (χ1) is 11.7. The largest absolute Gasteiger partial charge is 0.354 e. The number of nitrogens with one attached hydrogen (secondary N) is 2. The van der Waals surface area contributed by atoms with Crippen LogP contribution in [0.1, 0.15) is 11.1 Å². The molecular weight excluding hydrogens is 302 g/mol. The SMILES string of the molecule is O=[N+]([O-])c1ccc2c(c1)NC(c1ccccc1)(c1ccccc1)N2. The van der Waals surface area contributed by atoms with Gasteiger partial charge in [0.15, 0.2) is 5.66 Å². The molecule has 5 heteroatoms. The summed E-state index contributed by atoms with van der Waals surface area (Å²) >= 11 is 0. The molecule has 0 fully saturated rings. The minimum Gasteiger partial charge on any atom is -0.354 e. The standard InChI is InChI=1S/C19H15N3O2/c23-22(24)16-11-12-17-18(13-16)21-19(20-17,14-7-3-1-4-8-14)15-9-5-2-6-10-15/h1-13,20-21H. The van der Waals surface area contributed by atoms with Crippen LogP contribution in [0.4, 0.5) is 17.1 Å². The van der Waals surface area contributed by atoms with E-state index in [1.165, 1.54) is 6.07 Å². The monoisotopic (exact) mass is 317 g/mol. The fraction of sp³-hybridized carbons (Fsp3) is 0.0526. The molecule has 0 aliphatic carbocycles. The molecule has 1 heterocycles. The lowest BCUT2D eigenvalue weighted by Gasteiger charge is -2.32. The number of fused-ring (bicyclic) bond motifs is 1. The number of hydrogen-bond acceptors (Lipinski definition) is 4. The van der Waals surface area contributed by atoms with Crippen molar-refractivity contribution in [1.29, 1.82) is 0 Å². The topological polar surface area (TPSA) is 67.2 Å². The summed E-state index contributed by atoms with van der Waals surface area (Å²) in [6.45, 7) is 0. The van der Waals surface area contributed by atoms with Crippen molar-refractivity contribution in [3.63, 3.8) is 0 Å². The molecule has 0 atom stereocenters. The Balaban J connectivity index is 1.87. The number of anilines is 2. The van der Waals surface area contributed by atoms with Crippen molar-refractivity contribution in [2.45, 2.75) is 5.66 Å². The quantitative estimate of drug-likeness (QED) is 0.557. The lowest BCUT2D eigenvalue weighted by molar-refractivity contribution is -0.384. The molecule has 0 aromatic heterocycles. The Labute approximate surface area is 139 Å². The molecule has 3 aromatic carbocycles. The van der Waals surface area contributed by atoms with Crippen molar-refractivity contribution in [1.82, 2.24) is 0 Å². The molecule has 1 aliphatic rings. The van der Waals surface area contributed by atoms with E-state index in [2.05, 4.69) is 10.6 Å². The van der Waals surface area contributed by atoms with Crippen LogP contribution in [0, 0.1) is 10.1 Å². The summed E-state index contributed by atoms with van der Waals surface area (Å²) < 4.78 is 0. The molecule has 0 saturated carbocycles. The van der Waals surface area contributed by atoms with Crippen LogP contribution in [0.2, 0.25) is 0 Å². The van der Waals surface area contributed by atoms with Crippen LogP contribution in [0.15, 0.2) is 78.9 Å². The Morgan fingerprint density at radius 3 is 1.83 bits per heavy atom. The average molecular weight is 317 g/mol. The van der Waals surface area contributed by atoms with E-state index in [1.54, 1.807) is 12.1 Å². The summed E-state index contributed by atoms with van der Waals surface area (Å²) in [5.74, 6) is 0. The molecule has 24 heavy (non-hydrogen) atoms. The highest BCUT2D eigenvalue weighted by molar-refractivity contribution is 5.81. The second-order valence-corrected chi connectivity index (χ2v) is 5.72. The number of hydrogen-bond donors (Lipinski definition) is 2. The smallest absolute Gasteiger partial charge is 0.271 e. The number of non-ortho nitro benzene ring substituents is 1. The molecule has 118 valence electrons. The maximum absolute atomic E-state index is 11.1. The Morgan fingerprint density at radius 2 is 1.29 bits per heavy atom. The van der Waals surface area contributed by atoms with E-state index < -0.39 is 5.66 Å². The minimum atomic E-state index is -0.653. The molecule has 2 N–H and O–H groups in total. The molecule has 0 radical (unpaired) electrons. The van der Waals surface area contributed by atoms with Crippen LogP contribution in [-0.2, 0) is 5.66 Å². The first-order valence-corrected chi connectivity index (χ1v) is 7.65. The molecule has 4 rings (SSSR count). The second kappa shape index (κ2) is 5.38. The van der Waals surface area contributed by atoms with Crippen LogP contribution in [0.3, 0.4) is 0 Å². The third kappa shape index (κ3) is 2.18. The van der Waals surface area contributed by atoms with Crippen molar-refractivity contribution in [2.24, 2.45) is 0 Å². The zero-order valence-electron chi connectivity index (χ0n) is 12.8. The third-order valence-electron chi connectivity index (χ3n) is 4.27. The maximum atomic E-state index is 11.1. The van der Waals surface area contributed by atoms with Gasteiger partial charge < -0.3 is 10.6 Å². The van der Waals surface area contributed by atoms with Gasteiger partial charge in [-0.05, 0) is 6.07 Å². The van der Waals surface area contributed by atoms with Crippen molar-refractivity contribution >= 4 is 17.1 Å².